The highest BCUT2D eigenvalue weighted by molar-refractivity contribution is 6.21. The third-order valence-corrected chi connectivity index (χ3v) is 15.3. The summed E-state index contributed by atoms with van der Waals surface area (Å²) < 4.78 is 4.93. The maximum atomic E-state index is 4.10. The largest absolute Gasteiger partial charge is 0.335 e. The second kappa shape index (κ2) is 15.6. The van der Waals surface area contributed by atoms with E-state index in [-0.39, 0.29) is 17.7 Å². The van der Waals surface area contributed by atoms with Gasteiger partial charge in [0.1, 0.15) is 12.3 Å². The summed E-state index contributed by atoms with van der Waals surface area (Å²) in [5.74, 6) is 0. The Morgan fingerprint density at radius 2 is 1.09 bits per heavy atom. The first-order valence-electron chi connectivity index (χ1n) is 24.2. The van der Waals surface area contributed by atoms with E-state index in [4.69, 9.17) is 0 Å². The Kier molecular flexibility index (Phi) is 8.95. The topological polar surface area (TPSA) is 25.1 Å². The minimum absolute atomic E-state index is 0.0278. The van der Waals surface area contributed by atoms with E-state index >= 15 is 0 Å². The number of hydrogen-bond donors (Lipinski definition) is 1. The highest BCUT2D eigenvalue weighted by atomic mass is 15.5. The minimum atomic E-state index is -0.214. The predicted molar refractivity (Wildman–Crippen MR) is 288 cm³/mol. The Morgan fingerprint density at radius 1 is 0.464 bits per heavy atom. The van der Waals surface area contributed by atoms with Gasteiger partial charge in [-0.05, 0) is 123 Å². The molecule has 4 nitrogen and oxygen atoms in total. The van der Waals surface area contributed by atoms with E-state index in [9.17, 15) is 0 Å². The smallest absolute Gasteiger partial charge is 0.110 e. The molecule has 1 aliphatic heterocycles. The van der Waals surface area contributed by atoms with Gasteiger partial charge in [-0.3, -0.25) is 5.32 Å². The molecule has 69 heavy (non-hydrogen) atoms. The lowest BCUT2D eigenvalue weighted by Gasteiger charge is -2.57. The van der Waals surface area contributed by atoms with E-state index in [1.165, 1.54) is 98.7 Å². The second-order valence-corrected chi connectivity index (χ2v) is 19.1. The number of nitrogens with zero attached hydrogens (tertiary/aromatic N) is 3. The molecule has 1 aliphatic carbocycles. The number of allylic oxidation sites excluding steroid dienone is 4. The highest BCUT2D eigenvalue weighted by Crippen LogP contribution is 2.51. The summed E-state index contributed by atoms with van der Waals surface area (Å²) in [5.41, 5.74) is 14.5. The number of fused-ring (bicyclic) bond motifs is 9. The van der Waals surface area contributed by atoms with Crippen molar-refractivity contribution in [3.8, 4) is 22.5 Å². The van der Waals surface area contributed by atoms with Gasteiger partial charge in [-0.25, -0.2) is 0 Å². The highest BCUT2D eigenvalue weighted by Gasteiger charge is 2.47. The van der Waals surface area contributed by atoms with Crippen LogP contribution in [0.4, 0.5) is 0 Å². The molecule has 1 saturated heterocycles. The van der Waals surface area contributed by atoms with Gasteiger partial charge in [0, 0.05) is 44.0 Å². The first-order chi connectivity index (χ1) is 34.1. The maximum Gasteiger partial charge on any atom is 0.110 e. The molecule has 0 radical (unpaired) electrons. The van der Waals surface area contributed by atoms with Crippen molar-refractivity contribution in [3.05, 3.63) is 265 Å². The molecule has 0 spiro atoms. The summed E-state index contributed by atoms with van der Waals surface area (Å²) in [6.45, 7) is 2.41. The van der Waals surface area contributed by atoms with Crippen LogP contribution in [0.5, 0.6) is 0 Å². The maximum absolute atomic E-state index is 4.10. The molecule has 328 valence electrons. The number of rotatable bonds is 7. The number of aromatic nitrogens is 2. The van der Waals surface area contributed by atoms with Crippen molar-refractivity contribution in [1.29, 1.82) is 0 Å². The monoisotopic (exact) mass is 884 g/mol. The van der Waals surface area contributed by atoms with E-state index < -0.39 is 0 Å². The molecule has 3 atom stereocenters. The molecular weight excluding hydrogens is 837 g/mol. The number of nitrogens with one attached hydrogen (secondary N) is 1. The number of hydrogen-bond acceptors (Lipinski definition) is 2. The molecule has 2 aromatic heterocycles. The van der Waals surface area contributed by atoms with Gasteiger partial charge in [0.25, 0.3) is 0 Å². The Morgan fingerprint density at radius 3 is 1.91 bits per heavy atom. The van der Waals surface area contributed by atoms with Gasteiger partial charge in [-0.1, -0.05) is 182 Å². The lowest BCUT2D eigenvalue weighted by atomic mass is 9.73. The van der Waals surface area contributed by atoms with Gasteiger partial charge < -0.3 is 14.0 Å². The Balaban J connectivity index is 0.909. The van der Waals surface area contributed by atoms with Crippen LogP contribution < -0.4 is 5.32 Å². The zero-order chi connectivity index (χ0) is 45.6. The standard InChI is InChI=1S/C65H48N4/c1-65(48-23-6-3-7-24-48)39-17-16-30-61(65)69-63(66-64(69)53-27-13-12-25-51(53)43-18-4-2-5-19-43)45-31-34-49(35-32-45)67-58-38-36-50(42-56(58)55-40-46-21-8-9-22-47(46)41-60(55)67)68-57-29-15-14-28-54(57)62-52-26-11-10-20-44(52)33-37-59(62)68/h2-38,40-42,63-64,66H,39H2,1H3. The lowest BCUT2D eigenvalue weighted by Crippen LogP contribution is -2.59. The van der Waals surface area contributed by atoms with Crippen LogP contribution in [0.25, 0.3) is 87.7 Å². The Hall–Kier alpha value is -8.44. The summed E-state index contributed by atoms with van der Waals surface area (Å²) in [4.78, 5) is 2.65. The molecule has 12 aromatic rings. The fourth-order valence-electron chi connectivity index (χ4n) is 11.9. The zero-order valence-corrected chi connectivity index (χ0v) is 38.3. The van der Waals surface area contributed by atoms with Crippen LogP contribution in [-0.2, 0) is 5.41 Å². The van der Waals surface area contributed by atoms with Gasteiger partial charge in [0.15, 0.2) is 0 Å². The predicted octanol–water partition coefficient (Wildman–Crippen LogP) is 16.3. The number of para-hydroxylation sites is 1. The summed E-state index contributed by atoms with van der Waals surface area (Å²) in [6.07, 6.45) is 7.79. The van der Waals surface area contributed by atoms with Crippen LogP contribution in [0, 0.1) is 0 Å². The van der Waals surface area contributed by atoms with Crippen molar-refractivity contribution in [1.82, 2.24) is 19.4 Å². The second-order valence-electron chi connectivity index (χ2n) is 19.1. The van der Waals surface area contributed by atoms with E-state index in [0.29, 0.717) is 0 Å². The van der Waals surface area contributed by atoms with Gasteiger partial charge in [0.2, 0.25) is 0 Å². The molecule has 2 aliphatic rings. The molecule has 0 bridgehead atoms. The number of benzene rings is 10. The van der Waals surface area contributed by atoms with Crippen LogP contribution in [-0.4, -0.2) is 14.0 Å². The molecule has 3 unspecified atom stereocenters. The minimum Gasteiger partial charge on any atom is -0.335 e. The fourth-order valence-corrected chi connectivity index (χ4v) is 11.9. The van der Waals surface area contributed by atoms with Gasteiger partial charge >= 0.3 is 0 Å². The van der Waals surface area contributed by atoms with Crippen molar-refractivity contribution in [2.75, 3.05) is 0 Å². The van der Waals surface area contributed by atoms with Crippen molar-refractivity contribution >= 4 is 65.2 Å². The zero-order valence-electron chi connectivity index (χ0n) is 38.3. The van der Waals surface area contributed by atoms with Crippen LogP contribution in [0.1, 0.15) is 42.4 Å². The average Bonchev–Trinajstić information content (AvgIpc) is 3.91. The third-order valence-electron chi connectivity index (χ3n) is 15.3. The molecule has 4 heteroatoms. The summed E-state index contributed by atoms with van der Waals surface area (Å²) >= 11 is 0. The van der Waals surface area contributed by atoms with Crippen molar-refractivity contribution in [2.24, 2.45) is 0 Å². The van der Waals surface area contributed by atoms with Crippen molar-refractivity contribution in [3.63, 3.8) is 0 Å². The SMILES string of the molecule is CC1(c2ccccc2)CC=CC=C1N1C(c2ccc(-n3c4ccc(-n5c6ccccc6c6c7ccccc7ccc65)cc4c4cc5ccccc5cc43)cc2)NC1c1ccccc1-c1ccccc1. The van der Waals surface area contributed by atoms with Crippen molar-refractivity contribution in [2.45, 2.75) is 31.1 Å². The van der Waals surface area contributed by atoms with E-state index in [2.05, 4.69) is 269 Å². The van der Waals surface area contributed by atoms with Crippen LogP contribution in [0.15, 0.2) is 248 Å². The summed E-state index contributed by atoms with van der Waals surface area (Å²) in [5, 5.41) is 14.1. The first kappa shape index (κ1) is 39.7. The van der Waals surface area contributed by atoms with E-state index in [1.54, 1.807) is 0 Å². The van der Waals surface area contributed by atoms with Crippen LogP contribution in [0.2, 0.25) is 0 Å². The summed E-state index contributed by atoms with van der Waals surface area (Å²) in [6, 6.07) is 82.8. The average molecular weight is 885 g/mol. The molecular formula is C65H48N4. The lowest BCUT2D eigenvalue weighted by molar-refractivity contribution is -0.0106. The molecule has 1 N–H and O–H groups in total. The van der Waals surface area contributed by atoms with Gasteiger partial charge in [-0.2, -0.15) is 0 Å². The Labute approximate surface area is 401 Å². The van der Waals surface area contributed by atoms with Gasteiger partial charge in [0.05, 0.1) is 22.1 Å². The quantitative estimate of drug-likeness (QED) is 0.172. The van der Waals surface area contributed by atoms with Crippen LogP contribution >= 0.6 is 0 Å². The Bertz CT molecular complexity index is 4040. The molecule has 10 aromatic carbocycles. The molecule has 0 amide bonds. The molecule has 3 heterocycles. The normalized spacial score (nSPS) is 18.2. The first-order valence-corrected chi connectivity index (χ1v) is 24.2. The van der Waals surface area contributed by atoms with Crippen LogP contribution in [0.3, 0.4) is 0 Å². The van der Waals surface area contributed by atoms with E-state index in [1.807, 2.05) is 0 Å². The molecule has 14 rings (SSSR count). The summed E-state index contributed by atoms with van der Waals surface area (Å²) in [7, 11) is 0. The van der Waals surface area contributed by atoms with Gasteiger partial charge in [-0.15, -0.1) is 0 Å². The van der Waals surface area contributed by atoms with Crippen molar-refractivity contribution < 1.29 is 0 Å². The molecule has 1 fully saturated rings. The fraction of sp³-hybridized carbons (Fsp3) is 0.0769. The third kappa shape index (κ3) is 6.12. The molecule has 0 saturated carbocycles. The van der Waals surface area contributed by atoms with E-state index in [0.717, 1.165) is 17.8 Å².